The lowest BCUT2D eigenvalue weighted by atomic mass is 10.0. The molecule has 0 bridgehead atoms. The van der Waals surface area contributed by atoms with Crippen molar-refractivity contribution in [2.24, 2.45) is 5.92 Å². The molecule has 0 aliphatic carbocycles. The first kappa shape index (κ1) is 17.4. The van der Waals surface area contributed by atoms with Crippen molar-refractivity contribution < 1.29 is 9.53 Å². The molecule has 1 aromatic rings. The van der Waals surface area contributed by atoms with Crippen molar-refractivity contribution in [2.45, 2.75) is 52.8 Å². The van der Waals surface area contributed by atoms with E-state index in [0.717, 1.165) is 5.69 Å². The summed E-state index contributed by atoms with van der Waals surface area (Å²) in [7, 11) is 0. The topological polar surface area (TPSA) is 76.1 Å². The first-order valence-electron chi connectivity index (χ1n) is 7.23. The molecule has 118 valence electrons. The minimum absolute atomic E-state index is 0.146. The van der Waals surface area contributed by atoms with Gasteiger partial charge >= 0.3 is 6.09 Å². The van der Waals surface area contributed by atoms with E-state index in [1.54, 1.807) is 6.20 Å². The van der Waals surface area contributed by atoms with E-state index in [-0.39, 0.29) is 6.04 Å². The van der Waals surface area contributed by atoms with Crippen LogP contribution >= 0.6 is 0 Å². The second kappa shape index (κ2) is 7.93. The van der Waals surface area contributed by atoms with Crippen molar-refractivity contribution in [3.63, 3.8) is 0 Å². The molecule has 0 saturated heterocycles. The predicted molar refractivity (Wildman–Crippen MR) is 81.7 cm³/mol. The standard InChI is InChI=1S/C15H26N4O2/c1-11(2)13(9-18-14(20)21-15(3,4)5)17-8-12-6-7-16-10-19-12/h6-7,10-11,13,17H,8-9H2,1-5H3,(H,18,20). The SMILES string of the molecule is CC(C)C(CNC(=O)OC(C)(C)C)NCc1ccncn1. The molecular weight excluding hydrogens is 268 g/mol. The first-order valence-corrected chi connectivity index (χ1v) is 7.23. The van der Waals surface area contributed by atoms with E-state index in [1.807, 2.05) is 26.8 Å². The predicted octanol–water partition coefficient (Wildman–Crippen LogP) is 2.12. The number of aromatic nitrogens is 2. The van der Waals surface area contributed by atoms with Gasteiger partial charge in [-0.2, -0.15) is 0 Å². The number of amides is 1. The maximum absolute atomic E-state index is 11.7. The zero-order valence-corrected chi connectivity index (χ0v) is 13.5. The number of hydrogen-bond acceptors (Lipinski definition) is 5. The zero-order valence-electron chi connectivity index (χ0n) is 13.5. The number of hydrogen-bond donors (Lipinski definition) is 2. The summed E-state index contributed by atoms with van der Waals surface area (Å²) in [5.74, 6) is 0.377. The van der Waals surface area contributed by atoms with Crippen molar-refractivity contribution in [3.8, 4) is 0 Å². The van der Waals surface area contributed by atoms with Crippen LogP contribution in [0.4, 0.5) is 4.79 Å². The molecule has 0 aromatic carbocycles. The van der Waals surface area contributed by atoms with Gasteiger partial charge in [-0.3, -0.25) is 0 Å². The summed E-state index contributed by atoms with van der Waals surface area (Å²) in [6.45, 7) is 10.9. The van der Waals surface area contributed by atoms with E-state index in [1.165, 1.54) is 6.33 Å². The maximum Gasteiger partial charge on any atom is 0.407 e. The van der Waals surface area contributed by atoms with Gasteiger partial charge in [-0.15, -0.1) is 0 Å². The Morgan fingerprint density at radius 3 is 2.62 bits per heavy atom. The van der Waals surface area contributed by atoms with Crippen molar-refractivity contribution in [1.82, 2.24) is 20.6 Å². The lowest BCUT2D eigenvalue weighted by Crippen LogP contribution is -2.45. The van der Waals surface area contributed by atoms with Crippen molar-refractivity contribution in [2.75, 3.05) is 6.54 Å². The lowest BCUT2D eigenvalue weighted by molar-refractivity contribution is 0.0519. The maximum atomic E-state index is 11.7. The fraction of sp³-hybridized carbons (Fsp3) is 0.667. The minimum atomic E-state index is -0.480. The molecule has 0 fully saturated rings. The molecule has 6 nitrogen and oxygen atoms in total. The molecule has 1 atom stereocenters. The number of ether oxygens (including phenoxy) is 1. The molecule has 0 radical (unpaired) electrons. The quantitative estimate of drug-likeness (QED) is 0.840. The van der Waals surface area contributed by atoms with E-state index >= 15 is 0 Å². The molecule has 0 spiro atoms. The van der Waals surface area contributed by atoms with Gasteiger partial charge < -0.3 is 15.4 Å². The number of alkyl carbamates (subject to hydrolysis) is 1. The van der Waals surface area contributed by atoms with E-state index in [0.29, 0.717) is 19.0 Å². The summed E-state index contributed by atoms with van der Waals surface area (Å²) in [5.41, 5.74) is 0.444. The van der Waals surface area contributed by atoms with Crippen LogP contribution in [0.1, 0.15) is 40.3 Å². The third kappa shape index (κ3) is 7.60. The summed E-state index contributed by atoms with van der Waals surface area (Å²) >= 11 is 0. The molecular formula is C15H26N4O2. The molecule has 0 saturated carbocycles. The summed E-state index contributed by atoms with van der Waals surface area (Å²) in [5, 5.41) is 6.19. The Hall–Kier alpha value is -1.69. The van der Waals surface area contributed by atoms with Crippen LogP contribution < -0.4 is 10.6 Å². The first-order chi connectivity index (χ1) is 9.78. The molecule has 1 amide bonds. The van der Waals surface area contributed by atoms with E-state index in [2.05, 4.69) is 34.4 Å². The third-order valence-electron chi connectivity index (χ3n) is 2.86. The van der Waals surface area contributed by atoms with Gasteiger partial charge in [-0.05, 0) is 32.8 Å². The summed E-state index contributed by atoms with van der Waals surface area (Å²) < 4.78 is 5.23. The summed E-state index contributed by atoms with van der Waals surface area (Å²) in [4.78, 5) is 19.7. The fourth-order valence-corrected chi connectivity index (χ4v) is 1.71. The molecule has 1 aromatic heterocycles. The largest absolute Gasteiger partial charge is 0.444 e. The van der Waals surface area contributed by atoms with Crippen LogP contribution in [0, 0.1) is 5.92 Å². The molecule has 21 heavy (non-hydrogen) atoms. The lowest BCUT2D eigenvalue weighted by Gasteiger charge is -2.24. The number of carbonyl (C=O) groups excluding carboxylic acids is 1. The second-order valence-corrected chi connectivity index (χ2v) is 6.31. The van der Waals surface area contributed by atoms with Gasteiger partial charge in [0.2, 0.25) is 0 Å². The smallest absolute Gasteiger partial charge is 0.407 e. The van der Waals surface area contributed by atoms with Gasteiger partial charge in [-0.25, -0.2) is 14.8 Å². The van der Waals surface area contributed by atoms with Gasteiger partial charge in [0.15, 0.2) is 0 Å². The Labute approximate surface area is 126 Å². The average Bonchev–Trinajstić information content (AvgIpc) is 2.37. The number of nitrogens with zero attached hydrogens (tertiary/aromatic N) is 2. The van der Waals surface area contributed by atoms with Gasteiger partial charge in [-0.1, -0.05) is 13.8 Å². The Morgan fingerprint density at radius 2 is 2.10 bits per heavy atom. The average molecular weight is 294 g/mol. The number of nitrogens with one attached hydrogen (secondary N) is 2. The molecule has 1 heterocycles. The highest BCUT2D eigenvalue weighted by atomic mass is 16.6. The van der Waals surface area contributed by atoms with Gasteiger partial charge in [0.25, 0.3) is 0 Å². The van der Waals surface area contributed by atoms with Crippen molar-refractivity contribution in [1.29, 1.82) is 0 Å². The monoisotopic (exact) mass is 294 g/mol. The normalized spacial score (nSPS) is 13.0. The zero-order chi connectivity index (χ0) is 15.9. The summed E-state index contributed by atoms with van der Waals surface area (Å²) in [6.07, 6.45) is 2.85. The van der Waals surface area contributed by atoms with E-state index < -0.39 is 11.7 Å². The molecule has 0 aliphatic heterocycles. The van der Waals surface area contributed by atoms with Gasteiger partial charge in [0.1, 0.15) is 11.9 Å². The van der Waals surface area contributed by atoms with Crippen LogP contribution in [0.5, 0.6) is 0 Å². The van der Waals surface area contributed by atoms with Crippen LogP contribution in [0.25, 0.3) is 0 Å². The van der Waals surface area contributed by atoms with Crippen LogP contribution in [0.2, 0.25) is 0 Å². The van der Waals surface area contributed by atoms with Crippen LogP contribution in [0.15, 0.2) is 18.6 Å². The highest BCUT2D eigenvalue weighted by Crippen LogP contribution is 2.07. The van der Waals surface area contributed by atoms with E-state index in [9.17, 15) is 4.79 Å². The molecule has 2 N–H and O–H groups in total. The third-order valence-corrected chi connectivity index (χ3v) is 2.86. The van der Waals surface area contributed by atoms with Crippen LogP contribution in [-0.2, 0) is 11.3 Å². The fourth-order valence-electron chi connectivity index (χ4n) is 1.71. The van der Waals surface area contributed by atoms with Crippen molar-refractivity contribution >= 4 is 6.09 Å². The van der Waals surface area contributed by atoms with Gasteiger partial charge in [0.05, 0.1) is 5.69 Å². The molecule has 1 unspecified atom stereocenters. The summed E-state index contributed by atoms with van der Waals surface area (Å²) in [6, 6.07) is 2.01. The molecule has 6 heteroatoms. The van der Waals surface area contributed by atoms with Crippen LogP contribution in [0.3, 0.4) is 0 Å². The number of rotatable bonds is 6. The van der Waals surface area contributed by atoms with Crippen molar-refractivity contribution in [3.05, 3.63) is 24.3 Å². The molecule has 1 rings (SSSR count). The van der Waals surface area contributed by atoms with E-state index in [4.69, 9.17) is 4.74 Å². The minimum Gasteiger partial charge on any atom is -0.444 e. The number of carbonyl (C=O) groups is 1. The Bertz CT molecular complexity index is 429. The Morgan fingerprint density at radius 1 is 1.38 bits per heavy atom. The second-order valence-electron chi connectivity index (χ2n) is 6.31. The van der Waals surface area contributed by atoms with Crippen LogP contribution in [-0.4, -0.2) is 34.2 Å². The molecule has 0 aliphatic rings. The highest BCUT2D eigenvalue weighted by molar-refractivity contribution is 5.67. The Kier molecular flexibility index (Phi) is 6.55. The van der Waals surface area contributed by atoms with Gasteiger partial charge in [0, 0.05) is 25.3 Å². The highest BCUT2D eigenvalue weighted by Gasteiger charge is 2.18. The Balaban J connectivity index is 2.42.